The maximum atomic E-state index is 5.58. The molecule has 2 saturated heterocycles. The lowest BCUT2D eigenvalue weighted by Gasteiger charge is -2.36. The van der Waals surface area contributed by atoms with Crippen molar-refractivity contribution in [1.29, 1.82) is 0 Å². The Morgan fingerprint density at radius 2 is 1.88 bits per heavy atom. The van der Waals surface area contributed by atoms with E-state index in [1.807, 2.05) is 6.20 Å². The predicted octanol–water partition coefficient (Wildman–Crippen LogP) is 2.69. The number of ether oxygens (including phenoxy) is 1. The summed E-state index contributed by atoms with van der Waals surface area (Å²) < 4.78 is 5.58. The highest BCUT2D eigenvalue weighted by molar-refractivity contribution is 5.46. The van der Waals surface area contributed by atoms with E-state index in [-0.39, 0.29) is 0 Å². The van der Waals surface area contributed by atoms with Crippen LogP contribution in [-0.2, 0) is 11.3 Å². The van der Waals surface area contributed by atoms with Gasteiger partial charge in [0.05, 0.1) is 12.3 Å². The SMILES string of the molecule is c1ccc(N2CCN(Cc3ccnc([C@H]4CCCOC4)n3)CC2)cc1. The van der Waals surface area contributed by atoms with E-state index in [2.05, 4.69) is 51.2 Å². The van der Waals surface area contributed by atoms with Gasteiger partial charge in [0.1, 0.15) is 5.82 Å². The van der Waals surface area contributed by atoms with Crippen LogP contribution >= 0.6 is 0 Å². The van der Waals surface area contributed by atoms with Crippen molar-refractivity contribution in [3.05, 3.63) is 54.1 Å². The molecule has 0 N–H and O–H groups in total. The van der Waals surface area contributed by atoms with Crippen molar-refractivity contribution in [1.82, 2.24) is 14.9 Å². The second kappa shape index (κ2) is 7.93. The standard InChI is InChI=1S/C20H26N4O/c1-2-6-19(7-3-1)24-12-10-23(11-13-24)15-18-8-9-21-20(22-18)17-5-4-14-25-16-17/h1-3,6-9,17H,4-5,10-16H2/t17-/m0/s1. The largest absolute Gasteiger partial charge is 0.381 e. The molecule has 0 radical (unpaired) electrons. The lowest BCUT2D eigenvalue weighted by atomic mass is 10.0. The summed E-state index contributed by atoms with van der Waals surface area (Å²) in [6.07, 6.45) is 4.16. The van der Waals surface area contributed by atoms with Crippen LogP contribution in [0.15, 0.2) is 42.6 Å². The number of benzene rings is 1. The van der Waals surface area contributed by atoms with Gasteiger partial charge in [0, 0.05) is 57.1 Å². The van der Waals surface area contributed by atoms with Gasteiger partial charge in [-0.3, -0.25) is 4.90 Å². The molecule has 2 aliphatic heterocycles. The number of rotatable bonds is 4. The summed E-state index contributed by atoms with van der Waals surface area (Å²) in [5.41, 5.74) is 2.45. The summed E-state index contributed by atoms with van der Waals surface area (Å²) in [6.45, 7) is 6.82. The topological polar surface area (TPSA) is 41.5 Å². The predicted molar refractivity (Wildman–Crippen MR) is 98.8 cm³/mol. The van der Waals surface area contributed by atoms with Crippen molar-refractivity contribution >= 4 is 5.69 Å². The fraction of sp³-hybridized carbons (Fsp3) is 0.500. The molecule has 0 aliphatic carbocycles. The van der Waals surface area contributed by atoms with Crippen LogP contribution in [0, 0.1) is 0 Å². The first-order valence-electron chi connectivity index (χ1n) is 9.30. The van der Waals surface area contributed by atoms with Crippen LogP contribution in [0.3, 0.4) is 0 Å². The number of hydrogen-bond donors (Lipinski definition) is 0. The van der Waals surface area contributed by atoms with Crippen LogP contribution < -0.4 is 4.90 Å². The Labute approximate surface area is 149 Å². The highest BCUT2D eigenvalue weighted by Crippen LogP contribution is 2.22. The highest BCUT2D eigenvalue weighted by atomic mass is 16.5. The third kappa shape index (κ3) is 4.17. The van der Waals surface area contributed by atoms with Gasteiger partial charge in [0.2, 0.25) is 0 Å². The smallest absolute Gasteiger partial charge is 0.133 e. The third-order valence-corrected chi connectivity index (χ3v) is 5.14. The van der Waals surface area contributed by atoms with E-state index in [9.17, 15) is 0 Å². The minimum atomic E-state index is 0.364. The van der Waals surface area contributed by atoms with Crippen molar-refractivity contribution < 1.29 is 4.74 Å². The number of aromatic nitrogens is 2. The van der Waals surface area contributed by atoms with E-state index in [1.165, 1.54) is 5.69 Å². The number of para-hydroxylation sites is 1. The first-order chi connectivity index (χ1) is 12.4. The second-order valence-electron chi connectivity index (χ2n) is 6.92. The molecule has 1 aromatic heterocycles. The van der Waals surface area contributed by atoms with Gasteiger partial charge in [-0.05, 0) is 31.0 Å². The van der Waals surface area contributed by atoms with E-state index < -0.39 is 0 Å². The molecular formula is C20H26N4O. The summed E-state index contributed by atoms with van der Waals surface area (Å²) in [6, 6.07) is 12.7. The Bertz CT molecular complexity index is 664. The van der Waals surface area contributed by atoms with Crippen molar-refractivity contribution in [2.45, 2.75) is 25.3 Å². The zero-order valence-electron chi connectivity index (χ0n) is 14.7. The lowest BCUT2D eigenvalue weighted by molar-refractivity contribution is 0.0779. The van der Waals surface area contributed by atoms with Crippen LogP contribution in [0.1, 0.15) is 30.3 Å². The molecule has 2 aromatic rings. The average Bonchev–Trinajstić information content (AvgIpc) is 2.70. The molecule has 4 rings (SSSR count). The van der Waals surface area contributed by atoms with Crippen molar-refractivity contribution in [3.63, 3.8) is 0 Å². The minimum absolute atomic E-state index is 0.364. The maximum Gasteiger partial charge on any atom is 0.133 e. The molecular weight excluding hydrogens is 312 g/mol. The fourth-order valence-electron chi connectivity index (χ4n) is 3.67. The van der Waals surface area contributed by atoms with E-state index in [0.717, 1.165) is 70.3 Å². The van der Waals surface area contributed by atoms with Gasteiger partial charge >= 0.3 is 0 Å². The normalized spacial score (nSPS) is 22.1. The zero-order chi connectivity index (χ0) is 16.9. The van der Waals surface area contributed by atoms with Crippen LogP contribution in [0.25, 0.3) is 0 Å². The van der Waals surface area contributed by atoms with E-state index in [1.54, 1.807) is 0 Å². The molecule has 1 atom stereocenters. The lowest BCUT2D eigenvalue weighted by Crippen LogP contribution is -2.46. The number of hydrogen-bond acceptors (Lipinski definition) is 5. The average molecular weight is 338 g/mol. The molecule has 132 valence electrons. The van der Waals surface area contributed by atoms with Gasteiger partial charge in [-0.2, -0.15) is 0 Å². The molecule has 1 aromatic carbocycles. The number of anilines is 1. The summed E-state index contributed by atoms with van der Waals surface area (Å²) in [5.74, 6) is 1.32. The monoisotopic (exact) mass is 338 g/mol. The summed E-state index contributed by atoms with van der Waals surface area (Å²) >= 11 is 0. The van der Waals surface area contributed by atoms with Crippen LogP contribution in [0.4, 0.5) is 5.69 Å². The molecule has 0 unspecified atom stereocenters. The molecule has 5 heteroatoms. The summed E-state index contributed by atoms with van der Waals surface area (Å²) in [7, 11) is 0. The molecule has 0 saturated carbocycles. The highest BCUT2D eigenvalue weighted by Gasteiger charge is 2.21. The van der Waals surface area contributed by atoms with Gasteiger partial charge in [0.25, 0.3) is 0 Å². The van der Waals surface area contributed by atoms with Crippen molar-refractivity contribution in [2.75, 3.05) is 44.3 Å². The molecule has 0 spiro atoms. The molecule has 2 aliphatic rings. The van der Waals surface area contributed by atoms with Gasteiger partial charge in [-0.15, -0.1) is 0 Å². The van der Waals surface area contributed by atoms with Gasteiger partial charge in [-0.25, -0.2) is 9.97 Å². The molecule has 25 heavy (non-hydrogen) atoms. The van der Waals surface area contributed by atoms with Crippen molar-refractivity contribution in [2.24, 2.45) is 0 Å². The third-order valence-electron chi connectivity index (χ3n) is 5.14. The quantitative estimate of drug-likeness (QED) is 0.857. The maximum absolute atomic E-state index is 5.58. The Morgan fingerprint density at radius 1 is 1.04 bits per heavy atom. The van der Waals surface area contributed by atoms with E-state index in [4.69, 9.17) is 9.72 Å². The molecule has 0 amide bonds. The molecule has 3 heterocycles. The molecule has 5 nitrogen and oxygen atoms in total. The van der Waals surface area contributed by atoms with Gasteiger partial charge < -0.3 is 9.64 Å². The van der Waals surface area contributed by atoms with Gasteiger partial charge in [0.15, 0.2) is 0 Å². The Hall–Kier alpha value is -1.98. The van der Waals surface area contributed by atoms with E-state index in [0.29, 0.717) is 5.92 Å². The first kappa shape index (κ1) is 16.5. The summed E-state index contributed by atoms with van der Waals surface area (Å²) in [5, 5.41) is 0. The number of nitrogens with zero attached hydrogens (tertiary/aromatic N) is 4. The minimum Gasteiger partial charge on any atom is -0.381 e. The van der Waals surface area contributed by atoms with Crippen LogP contribution in [-0.4, -0.2) is 54.3 Å². The number of piperazine rings is 1. The second-order valence-corrected chi connectivity index (χ2v) is 6.92. The molecule has 2 fully saturated rings. The Balaban J connectivity index is 1.34. The zero-order valence-corrected chi connectivity index (χ0v) is 14.7. The summed E-state index contributed by atoms with van der Waals surface area (Å²) in [4.78, 5) is 14.3. The fourth-order valence-corrected chi connectivity index (χ4v) is 3.67. The van der Waals surface area contributed by atoms with Gasteiger partial charge in [-0.1, -0.05) is 18.2 Å². The van der Waals surface area contributed by atoms with Crippen LogP contribution in [0.2, 0.25) is 0 Å². The first-order valence-corrected chi connectivity index (χ1v) is 9.30. The van der Waals surface area contributed by atoms with Crippen molar-refractivity contribution in [3.8, 4) is 0 Å². The molecule has 0 bridgehead atoms. The Kier molecular flexibility index (Phi) is 5.23. The van der Waals surface area contributed by atoms with Crippen LogP contribution in [0.5, 0.6) is 0 Å². The van der Waals surface area contributed by atoms with E-state index >= 15 is 0 Å². The Morgan fingerprint density at radius 3 is 2.64 bits per heavy atom.